The molecule has 0 aromatic carbocycles. The Morgan fingerprint density at radius 1 is 1.24 bits per heavy atom. The number of halogens is 3. The van der Waals surface area contributed by atoms with Gasteiger partial charge in [0.15, 0.2) is 0 Å². The van der Waals surface area contributed by atoms with E-state index in [4.69, 9.17) is 5.11 Å². The van der Waals surface area contributed by atoms with Gasteiger partial charge in [-0.15, -0.1) is 0 Å². The Morgan fingerprint density at radius 2 is 1.97 bits per heavy atom. The molecule has 0 radical (unpaired) electrons. The molecule has 3 rings (SSSR count). The first-order valence-electron chi connectivity index (χ1n) is 9.66. The van der Waals surface area contributed by atoms with Crippen LogP contribution in [0.5, 0.6) is 0 Å². The number of anilines is 3. The van der Waals surface area contributed by atoms with Crippen molar-refractivity contribution >= 4 is 17.5 Å². The lowest BCUT2D eigenvalue weighted by Gasteiger charge is -2.32. The molecule has 1 aliphatic heterocycles. The van der Waals surface area contributed by atoms with Gasteiger partial charge in [-0.2, -0.15) is 23.3 Å². The topological polar surface area (TPSA) is 91.1 Å². The van der Waals surface area contributed by atoms with E-state index in [0.717, 1.165) is 37.8 Å². The minimum absolute atomic E-state index is 0.0781. The third-order valence-corrected chi connectivity index (χ3v) is 5.05. The molecule has 8 nitrogen and oxygen atoms in total. The summed E-state index contributed by atoms with van der Waals surface area (Å²) in [6, 6.07) is 0.242. The summed E-state index contributed by atoms with van der Waals surface area (Å²) in [6.07, 6.45) is -0.262. The van der Waals surface area contributed by atoms with Gasteiger partial charge in [0, 0.05) is 32.4 Å². The van der Waals surface area contributed by atoms with Crippen molar-refractivity contribution in [1.82, 2.24) is 24.6 Å². The van der Waals surface area contributed by atoms with Crippen LogP contribution in [0.25, 0.3) is 0 Å². The van der Waals surface area contributed by atoms with Crippen LogP contribution in [0.15, 0.2) is 12.4 Å². The van der Waals surface area contributed by atoms with E-state index < -0.39 is 11.7 Å². The highest BCUT2D eigenvalue weighted by molar-refractivity contribution is 5.58. The highest BCUT2D eigenvalue weighted by Crippen LogP contribution is 2.34. The number of alkyl halides is 3. The van der Waals surface area contributed by atoms with Crippen LogP contribution >= 0.6 is 0 Å². The van der Waals surface area contributed by atoms with Gasteiger partial charge in [-0.1, -0.05) is 0 Å². The van der Waals surface area contributed by atoms with Crippen LogP contribution < -0.4 is 10.6 Å². The van der Waals surface area contributed by atoms with E-state index in [9.17, 15) is 13.2 Å². The van der Waals surface area contributed by atoms with Gasteiger partial charge in [-0.25, -0.2) is 4.98 Å². The molecule has 0 atom stereocenters. The molecule has 1 fully saturated rings. The number of hydrogen-bond acceptors (Lipinski definition) is 7. The fourth-order valence-corrected chi connectivity index (χ4v) is 3.52. The highest BCUT2D eigenvalue weighted by atomic mass is 19.4. The van der Waals surface area contributed by atoms with Gasteiger partial charge in [0.25, 0.3) is 0 Å². The van der Waals surface area contributed by atoms with Crippen LogP contribution in [-0.2, 0) is 6.18 Å². The van der Waals surface area contributed by atoms with Crippen molar-refractivity contribution in [2.24, 2.45) is 0 Å². The molecule has 3 heterocycles. The summed E-state index contributed by atoms with van der Waals surface area (Å²) in [5.74, 6) is -0.173. The number of piperidine rings is 1. The van der Waals surface area contributed by atoms with Gasteiger partial charge in [-0.05, 0) is 26.7 Å². The maximum Gasteiger partial charge on any atom is 0.421 e. The van der Waals surface area contributed by atoms with E-state index in [2.05, 4.69) is 30.6 Å². The summed E-state index contributed by atoms with van der Waals surface area (Å²) in [7, 11) is 0. The van der Waals surface area contributed by atoms with Gasteiger partial charge < -0.3 is 20.6 Å². The molecule has 160 valence electrons. The summed E-state index contributed by atoms with van der Waals surface area (Å²) in [4.78, 5) is 10.0. The Hall–Kier alpha value is -2.40. The van der Waals surface area contributed by atoms with E-state index in [1.807, 2.05) is 11.6 Å². The van der Waals surface area contributed by atoms with Crippen LogP contribution in [0.4, 0.5) is 30.6 Å². The van der Waals surface area contributed by atoms with Crippen molar-refractivity contribution in [3.63, 3.8) is 0 Å². The van der Waals surface area contributed by atoms with Crippen LogP contribution in [0.3, 0.4) is 0 Å². The summed E-state index contributed by atoms with van der Waals surface area (Å²) in [6.45, 7) is 6.53. The third kappa shape index (κ3) is 4.96. The normalized spacial score (nSPS) is 16.2. The molecule has 0 amide bonds. The van der Waals surface area contributed by atoms with Crippen molar-refractivity contribution in [3.05, 3.63) is 23.7 Å². The predicted molar refractivity (Wildman–Crippen MR) is 103 cm³/mol. The lowest BCUT2D eigenvalue weighted by Crippen LogP contribution is -2.36. The molecule has 0 unspecified atom stereocenters. The van der Waals surface area contributed by atoms with Gasteiger partial charge in [0.1, 0.15) is 11.4 Å². The monoisotopic (exact) mass is 413 g/mol. The number of rotatable bonds is 7. The maximum absolute atomic E-state index is 13.1. The van der Waals surface area contributed by atoms with Crippen molar-refractivity contribution < 1.29 is 18.3 Å². The maximum atomic E-state index is 13.1. The smallest absolute Gasteiger partial charge is 0.395 e. The van der Waals surface area contributed by atoms with Crippen molar-refractivity contribution in [3.8, 4) is 0 Å². The summed E-state index contributed by atoms with van der Waals surface area (Å²) in [5.41, 5.74) is 0.635. The fourth-order valence-electron chi connectivity index (χ4n) is 3.52. The number of nitrogens with one attached hydrogen (secondary N) is 2. The SMILES string of the molecule is CCNc1nc(Nc2cnn(C3CCN(CCO)CC3)c2C)ncc1C(F)(F)F. The molecule has 3 N–H and O–H groups in total. The van der Waals surface area contributed by atoms with Crippen LogP contribution in [0.1, 0.15) is 37.1 Å². The highest BCUT2D eigenvalue weighted by Gasteiger charge is 2.35. The number of aliphatic hydroxyl groups is 1. The molecule has 0 saturated carbocycles. The second kappa shape index (κ2) is 8.95. The first-order valence-corrected chi connectivity index (χ1v) is 9.66. The molecule has 29 heavy (non-hydrogen) atoms. The van der Waals surface area contributed by atoms with Crippen LogP contribution in [0.2, 0.25) is 0 Å². The van der Waals surface area contributed by atoms with Crippen LogP contribution in [0, 0.1) is 6.92 Å². The minimum atomic E-state index is -4.53. The Morgan fingerprint density at radius 3 is 2.59 bits per heavy atom. The Bertz CT molecular complexity index is 816. The zero-order valence-electron chi connectivity index (χ0n) is 16.5. The second-order valence-electron chi connectivity index (χ2n) is 6.99. The lowest BCUT2D eigenvalue weighted by molar-refractivity contribution is -0.137. The zero-order valence-corrected chi connectivity index (χ0v) is 16.5. The van der Waals surface area contributed by atoms with E-state index in [1.54, 1.807) is 13.1 Å². The van der Waals surface area contributed by atoms with E-state index >= 15 is 0 Å². The number of aliphatic hydroxyl groups excluding tert-OH is 1. The molecule has 0 aliphatic carbocycles. The van der Waals surface area contributed by atoms with Crippen molar-refractivity contribution in [1.29, 1.82) is 0 Å². The Balaban J connectivity index is 1.74. The van der Waals surface area contributed by atoms with Crippen molar-refractivity contribution in [2.75, 3.05) is 43.4 Å². The number of hydrogen-bond donors (Lipinski definition) is 3. The molecule has 11 heteroatoms. The number of nitrogens with zero attached hydrogens (tertiary/aromatic N) is 5. The minimum Gasteiger partial charge on any atom is -0.395 e. The first kappa shape index (κ1) is 21.3. The molecule has 2 aromatic heterocycles. The van der Waals surface area contributed by atoms with Gasteiger partial charge in [0.2, 0.25) is 5.95 Å². The van der Waals surface area contributed by atoms with E-state index in [1.165, 1.54) is 0 Å². The fraction of sp³-hybridized carbons (Fsp3) is 0.611. The summed E-state index contributed by atoms with van der Waals surface area (Å²) in [5, 5.41) is 19.1. The zero-order chi connectivity index (χ0) is 21.0. The standard InChI is InChI=1S/C18H26F3N7O/c1-3-22-16-14(18(19,20)21)10-23-17(26-16)25-15-11-24-28(12(15)2)13-4-6-27(7-5-13)8-9-29/h10-11,13,29H,3-9H2,1-2H3,(H2,22,23,25,26). The molecule has 0 spiro atoms. The Kier molecular flexibility index (Phi) is 6.58. The molecule has 0 bridgehead atoms. The molecular weight excluding hydrogens is 387 g/mol. The number of likely N-dealkylation sites (tertiary alicyclic amines) is 1. The molecular formula is C18H26F3N7O. The summed E-state index contributed by atoms with van der Waals surface area (Å²) < 4.78 is 41.3. The lowest BCUT2D eigenvalue weighted by atomic mass is 10.1. The molecule has 1 saturated heterocycles. The average molecular weight is 413 g/mol. The quantitative estimate of drug-likeness (QED) is 0.643. The number of aromatic nitrogens is 4. The van der Waals surface area contributed by atoms with Gasteiger partial charge >= 0.3 is 6.18 Å². The Labute approximate surface area is 167 Å². The van der Waals surface area contributed by atoms with Crippen LogP contribution in [-0.4, -0.2) is 62.5 Å². The molecule has 2 aromatic rings. The van der Waals surface area contributed by atoms with E-state index in [-0.39, 0.29) is 24.4 Å². The average Bonchev–Trinajstić information content (AvgIpc) is 3.03. The first-order chi connectivity index (χ1) is 13.8. The largest absolute Gasteiger partial charge is 0.421 e. The second-order valence-corrected chi connectivity index (χ2v) is 6.99. The van der Waals surface area contributed by atoms with Gasteiger partial charge in [-0.3, -0.25) is 4.68 Å². The van der Waals surface area contributed by atoms with Crippen molar-refractivity contribution in [2.45, 2.75) is 38.9 Å². The predicted octanol–water partition coefficient (Wildman–Crippen LogP) is 2.80. The summed E-state index contributed by atoms with van der Waals surface area (Å²) >= 11 is 0. The number of β-amino-alcohol motifs (C(OH)–C–C–N with tert-alkyl or cyclic N) is 1. The molecule has 1 aliphatic rings. The third-order valence-electron chi connectivity index (χ3n) is 5.05. The van der Waals surface area contributed by atoms with E-state index in [0.29, 0.717) is 18.8 Å². The van der Waals surface area contributed by atoms with Gasteiger partial charge in [0.05, 0.1) is 30.2 Å².